The van der Waals surface area contributed by atoms with Gasteiger partial charge in [0, 0.05) is 17.6 Å². The zero-order chi connectivity index (χ0) is 10.7. The molecule has 3 heteroatoms. The lowest BCUT2D eigenvalue weighted by molar-refractivity contribution is 0.0511. The van der Waals surface area contributed by atoms with Gasteiger partial charge >= 0.3 is 0 Å². The molecule has 2 nitrogen and oxygen atoms in total. The highest BCUT2D eigenvalue weighted by molar-refractivity contribution is 9.10. The Balaban J connectivity index is 2.13. The van der Waals surface area contributed by atoms with E-state index in [1.807, 2.05) is 6.07 Å². The van der Waals surface area contributed by atoms with E-state index < -0.39 is 0 Å². The van der Waals surface area contributed by atoms with Crippen LogP contribution < -0.4 is 5.32 Å². The quantitative estimate of drug-likeness (QED) is 0.847. The summed E-state index contributed by atoms with van der Waals surface area (Å²) >= 11 is 3.56. The van der Waals surface area contributed by atoms with Crippen molar-refractivity contribution in [3.63, 3.8) is 0 Å². The van der Waals surface area contributed by atoms with E-state index in [0.29, 0.717) is 5.92 Å². The van der Waals surface area contributed by atoms with Crippen molar-refractivity contribution in [1.82, 2.24) is 5.32 Å². The lowest BCUT2D eigenvalue weighted by atomic mass is 10.1. The third kappa shape index (κ3) is 2.80. The number of benzene rings is 1. The fourth-order valence-corrected chi connectivity index (χ4v) is 2.34. The topological polar surface area (TPSA) is 21.3 Å². The molecule has 1 fully saturated rings. The van der Waals surface area contributed by atoms with Crippen LogP contribution in [-0.2, 0) is 4.74 Å². The maximum atomic E-state index is 5.89. The van der Waals surface area contributed by atoms with Crippen molar-refractivity contribution in [2.45, 2.75) is 13.0 Å². The summed E-state index contributed by atoms with van der Waals surface area (Å²) < 4.78 is 7.02. The Bertz CT molecular complexity index is 329. The minimum atomic E-state index is 0.172. The van der Waals surface area contributed by atoms with Gasteiger partial charge in [-0.2, -0.15) is 0 Å². The van der Waals surface area contributed by atoms with Crippen LogP contribution in [0.4, 0.5) is 0 Å². The van der Waals surface area contributed by atoms with Crippen molar-refractivity contribution in [1.29, 1.82) is 0 Å². The van der Waals surface area contributed by atoms with Crippen molar-refractivity contribution in [3.8, 4) is 0 Å². The van der Waals surface area contributed by atoms with Crippen LogP contribution in [0.15, 0.2) is 28.7 Å². The van der Waals surface area contributed by atoms with Crippen molar-refractivity contribution >= 4 is 15.9 Å². The standard InChI is InChI=1S/C12H16BrNO/c1-9-6-14-7-12(15-8-9)10-4-2-3-5-11(10)13/h2-5,9,12,14H,6-8H2,1H3. The average Bonchev–Trinajstić information content (AvgIpc) is 2.44. The van der Waals surface area contributed by atoms with Gasteiger partial charge in [-0.25, -0.2) is 0 Å². The fourth-order valence-electron chi connectivity index (χ4n) is 1.80. The van der Waals surface area contributed by atoms with Crippen molar-refractivity contribution < 1.29 is 4.74 Å². The van der Waals surface area contributed by atoms with E-state index in [9.17, 15) is 0 Å². The number of hydrogen-bond acceptors (Lipinski definition) is 2. The van der Waals surface area contributed by atoms with Crippen molar-refractivity contribution in [2.24, 2.45) is 5.92 Å². The summed E-state index contributed by atoms with van der Waals surface area (Å²) in [6.45, 7) is 4.97. The van der Waals surface area contributed by atoms with Gasteiger partial charge in [0.25, 0.3) is 0 Å². The van der Waals surface area contributed by atoms with Crippen LogP contribution in [-0.4, -0.2) is 19.7 Å². The lowest BCUT2D eigenvalue weighted by Crippen LogP contribution is -2.22. The molecule has 0 bridgehead atoms. The van der Waals surface area contributed by atoms with Crippen LogP contribution >= 0.6 is 15.9 Å². The molecule has 0 saturated carbocycles. The van der Waals surface area contributed by atoms with Gasteiger partial charge in [-0.1, -0.05) is 41.1 Å². The molecule has 2 unspecified atom stereocenters. The van der Waals surface area contributed by atoms with E-state index in [1.54, 1.807) is 0 Å². The molecule has 1 heterocycles. The smallest absolute Gasteiger partial charge is 0.0960 e. The molecule has 0 spiro atoms. The van der Waals surface area contributed by atoms with Crippen LogP contribution in [0, 0.1) is 5.92 Å². The molecule has 0 aliphatic carbocycles. The third-order valence-corrected chi connectivity index (χ3v) is 3.38. The molecule has 1 N–H and O–H groups in total. The minimum Gasteiger partial charge on any atom is -0.372 e. The Kier molecular flexibility index (Phi) is 3.78. The van der Waals surface area contributed by atoms with Crippen molar-refractivity contribution in [2.75, 3.05) is 19.7 Å². The van der Waals surface area contributed by atoms with Gasteiger partial charge in [0.15, 0.2) is 0 Å². The fraction of sp³-hybridized carbons (Fsp3) is 0.500. The molecule has 0 radical (unpaired) electrons. The summed E-state index contributed by atoms with van der Waals surface area (Å²) in [5.41, 5.74) is 1.24. The SMILES string of the molecule is CC1CNCC(c2ccccc2Br)OC1. The van der Waals surface area contributed by atoms with E-state index >= 15 is 0 Å². The second-order valence-corrected chi connectivity index (χ2v) is 4.96. The Morgan fingerprint density at radius 1 is 1.33 bits per heavy atom. The van der Waals surface area contributed by atoms with Gasteiger partial charge in [-0.3, -0.25) is 0 Å². The molecule has 15 heavy (non-hydrogen) atoms. The molecule has 2 atom stereocenters. The summed E-state index contributed by atoms with van der Waals surface area (Å²) in [7, 11) is 0. The molecule has 1 aliphatic heterocycles. The van der Waals surface area contributed by atoms with Gasteiger partial charge < -0.3 is 10.1 Å². The normalized spacial score (nSPS) is 27.3. The van der Waals surface area contributed by atoms with Crippen LogP contribution in [0.25, 0.3) is 0 Å². The second-order valence-electron chi connectivity index (χ2n) is 4.11. The average molecular weight is 270 g/mol. The summed E-state index contributed by atoms with van der Waals surface area (Å²) in [6, 6.07) is 8.26. The lowest BCUT2D eigenvalue weighted by Gasteiger charge is -2.17. The first-order chi connectivity index (χ1) is 7.27. The highest BCUT2D eigenvalue weighted by Crippen LogP contribution is 2.26. The summed E-state index contributed by atoms with van der Waals surface area (Å²) in [6.07, 6.45) is 0.172. The van der Waals surface area contributed by atoms with E-state index in [-0.39, 0.29) is 6.10 Å². The van der Waals surface area contributed by atoms with Crippen molar-refractivity contribution in [3.05, 3.63) is 34.3 Å². The Morgan fingerprint density at radius 3 is 2.93 bits per heavy atom. The Morgan fingerprint density at radius 2 is 2.13 bits per heavy atom. The molecular formula is C12H16BrNO. The zero-order valence-electron chi connectivity index (χ0n) is 8.87. The van der Waals surface area contributed by atoms with Gasteiger partial charge in [-0.05, 0) is 17.5 Å². The Labute approximate surface area is 99.1 Å². The first kappa shape index (κ1) is 11.1. The summed E-state index contributed by atoms with van der Waals surface area (Å²) in [5, 5.41) is 3.43. The first-order valence-corrected chi connectivity index (χ1v) is 6.13. The van der Waals surface area contributed by atoms with E-state index in [0.717, 1.165) is 24.2 Å². The molecule has 1 saturated heterocycles. The van der Waals surface area contributed by atoms with Gasteiger partial charge in [0.2, 0.25) is 0 Å². The zero-order valence-corrected chi connectivity index (χ0v) is 10.5. The number of halogens is 1. The predicted octanol–water partition coefficient (Wildman–Crippen LogP) is 2.75. The highest BCUT2D eigenvalue weighted by Gasteiger charge is 2.19. The first-order valence-electron chi connectivity index (χ1n) is 5.34. The highest BCUT2D eigenvalue weighted by atomic mass is 79.9. The van der Waals surface area contributed by atoms with Gasteiger partial charge in [-0.15, -0.1) is 0 Å². The molecule has 2 rings (SSSR count). The number of hydrogen-bond donors (Lipinski definition) is 1. The molecule has 82 valence electrons. The van der Waals surface area contributed by atoms with E-state index in [1.165, 1.54) is 5.56 Å². The molecule has 0 amide bonds. The monoisotopic (exact) mass is 269 g/mol. The summed E-state index contributed by atoms with van der Waals surface area (Å²) in [5.74, 6) is 0.595. The van der Waals surface area contributed by atoms with Crippen LogP contribution in [0.5, 0.6) is 0 Å². The largest absolute Gasteiger partial charge is 0.372 e. The van der Waals surface area contributed by atoms with Gasteiger partial charge in [0.05, 0.1) is 12.7 Å². The second kappa shape index (κ2) is 5.10. The van der Waals surface area contributed by atoms with Crippen LogP contribution in [0.3, 0.4) is 0 Å². The number of nitrogens with one attached hydrogen (secondary N) is 1. The Hall–Kier alpha value is -0.380. The van der Waals surface area contributed by atoms with Gasteiger partial charge in [0.1, 0.15) is 0 Å². The summed E-state index contributed by atoms with van der Waals surface area (Å²) in [4.78, 5) is 0. The maximum absolute atomic E-state index is 5.89. The third-order valence-electron chi connectivity index (χ3n) is 2.66. The minimum absolute atomic E-state index is 0.172. The van der Waals surface area contributed by atoms with E-state index in [2.05, 4.69) is 46.4 Å². The van der Waals surface area contributed by atoms with Crippen LogP contribution in [0.2, 0.25) is 0 Å². The maximum Gasteiger partial charge on any atom is 0.0960 e. The molecule has 1 aliphatic rings. The molecule has 0 aromatic heterocycles. The molecule has 1 aromatic rings. The molecular weight excluding hydrogens is 254 g/mol. The number of ether oxygens (including phenoxy) is 1. The predicted molar refractivity (Wildman–Crippen MR) is 64.9 cm³/mol. The molecule has 1 aromatic carbocycles. The van der Waals surface area contributed by atoms with Crippen LogP contribution in [0.1, 0.15) is 18.6 Å². The van der Waals surface area contributed by atoms with E-state index in [4.69, 9.17) is 4.74 Å². The number of rotatable bonds is 1.